The molecule has 170 valence electrons. The maximum absolute atomic E-state index is 14.0. The quantitative estimate of drug-likeness (QED) is 0.130. The molecule has 0 saturated carbocycles. The Hall–Kier alpha value is 0.270. The van der Waals surface area contributed by atoms with Gasteiger partial charge in [-0.25, -0.2) is 12.8 Å². The van der Waals surface area contributed by atoms with E-state index >= 15 is 0 Å². The fraction of sp³-hybridized carbons (Fsp3) is 1.00. The van der Waals surface area contributed by atoms with Gasteiger partial charge in [-0.3, -0.25) is 0 Å². The average Bonchev–Trinajstić information content (AvgIpc) is 2.41. The second-order valence-corrected chi connectivity index (χ2v) is 11.2. The first-order valence-electron chi connectivity index (χ1n) is 7.60. The maximum atomic E-state index is 14.0. The zero-order valence-electron chi connectivity index (χ0n) is 14.1. The lowest BCUT2D eigenvalue weighted by Gasteiger charge is -2.37. The summed E-state index contributed by atoms with van der Waals surface area (Å²) in [7, 11) is 0.697. The fourth-order valence-corrected chi connectivity index (χ4v) is 3.99. The van der Waals surface area contributed by atoms with Gasteiger partial charge >= 0.3 is 18.5 Å². The predicted molar refractivity (Wildman–Crippen MR) is 90.6 cm³/mol. The van der Waals surface area contributed by atoms with E-state index < -0.39 is 80.4 Å². The fourth-order valence-electron chi connectivity index (χ4n) is 2.53. The van der Waals surface area contributed by atoms with Gasteiger partial charge in [0.05, 0.1) is 5.75 Å². The van der Waals surface area contributed by atoms with Crippen LogP contribution in [0.2, 0.25) is 0 Å². The zero-order valence-corrected chi connectivity index (χ0v) is 17.8. The first-order chi connectivity index (χ1) is 12.1. The van der Waals surface area contributed by atoms with Crippen molar-refractivity contribution in [2.24, 2.45) is 5.92 Å². The Labute approximate surface area is 172 Å². The van der Waals surface area contributed by atoms with E-state index in [1.54, 1.807) is 0 Å². The molecular formula is C13H16ClF10IO2S. The van der Waals surface area contributed by atoms with Crippen LogP contribution in [0, 0.1) is 5.92 Å². The summed E-state index contributed by atoms with van der Waals surface area (Å²) in [5.41, 5.74) is -5.73. The molecule has 2 atom stereocenters. The summed E-state index contributed by atoms with van der Waals surface area (Å²) < 4.78 is 149. The summed E-state index contributed by atoms with van der Waals surface area (Å²) in [6, 6.07) is 0. The number of alkyl halides is 11. The van der Waals surface area contributed by atoms with E-state index in [-0.39, 0.29) is 0 Å². The maximum Gasteiger partial charge on any atom is 0.431 e. The van der Waals surface area contributed by atoms with Crippen LogP contribution >= 0.6 is 33.3 Å². The predicted octanol–water partition coefficient (Wildman–Crippen LogP) is 6.71. The molecule has 0 radical (unpaired) electrons. The Morgan fingerprint density at radius 2 is 1.29 bits per heavy atom. The Morgan fingerprint density at radius 1 is 0.857 bits per heavy atom. The minimum atomic E-state index is -6.42. The average molecular weight is 589 g/mol. The van der Waals surface area contributed by atoms with Crippen LogP contribution in [0.25, 0.3) is 0 Å². The summed E-state index contributed by atoms with van der Waals surface area (Å²) >= 11 is 0.868. The van der Waals surface area contributed by atoms with Crippen molar-refractivity contribution < 1.29 is 52.3 Å². The number of halogens is 12. The van der Waals surface area contributed by atoms with Gasteiger partial charge in [-0.2, -0.15) is 39.5 Å². The van der Waals surface area contributed by atoms with Crippen molar-refractivity contribution >= 4 is 42.3 Å². The van der Waals surface area contributed by atoms with Gasteiger partial charge in [-0.1, -0.05) is 29.5 Å². The SMILES string of the molecule is CCC(I)(CC(CCCS(=O)(=O)Cl)CC(F)(C(F)(F)F)C(F)(F)F)C(F)(F)F. The first kappa shape index (κ1) is 28.3. The summed E-state index contributed by atoms with van der Waals surface area (Å²) in [6.07, 6.45) is -23.5. The van der Waals surface area contributed by atoms with Crippen LogP contribution in [-0.2, 0) is 9.05 Å². The van der Waals surface area contributed by atoms with Crippen LogP contribution in [0.4, 0.5) is 43.9 Å². The standard InChI is InChI=1S/C13H16ClF10IO2S/c1-2-9(25,11(16,17)18)6-8(4-3-5-28(14,26)27)7-10(15,12(19,20)21)13(22,23)24/h8H,2-7H2,1H3. The van der Waals surface area contributed by atoms with Gasteiger partial charge in [-0.15, -0.1) is 0 Å². The molecule has 0 fully saturated rings. The van der Waals surface area contributed by atoms with E-state index in [1.165, 1.54) is 0 Å². The molecule has 28 heavy (non-hydrogen) atoms. The molecule has 0 amide bonds. The third-order valence-electron chi connectivity index (χ3n) is 4.15. The smallest absolute Gasteiger partial charge is 0.224 e. The number of rotatable bonds is 9. The van der Waals surface area contributed by atoms with Gasteiger partial charge in [0.15, 0.2) is 0 Å². The Bertz CT molecular complexity index is 602. The molecule has 0 aliphatic heterocycles. The molecule has 0 heterocycles. The molecule has 0 aliphatic rings. The lowest BCUT2D eigenvalue weighted by Crippen LogP contribution is -2.54. The summed E-state index contributed by atoms with van der Waals surface area (Å²) in [5.74, 6) is -2.96. The van der Waals surface area contributed by atoms with Gasteiger partial charge in [0.2, 0.25) is 9.05 Å². The van der Waals surface area contributed by atoms with Gasteiger partial charge in [0.1, 0.15) is 3.42 Å². The molecule has 15 heteroatoms. The van der Waals surface area contributed by atoms with E-state index in [0.29, 0.717) is 0 Å². The van der Waals surface area contributed by atoms with E-state index in [4.69, 9.17) is 10.7 Å². The normalized spacial score (nSPS) is 18.0. The molecular weight excluding hydrogens is 573 g/mol. The minimum absolute atomic E-state index is 0.628. The summed E-state index contributed by atoms with van der Waals surface area (Å²) in [6.45, 7) is 1.02. The van der Waals surface area contributed by atoms with E-state index in [0.717, 1.165) is 29.5 Å². The zero-order chi connectivity index (χ0) is 22.8. The molecule has 0 aromatic heterocycles. The van der Waals surface area contributed by atoms with Crippen molar-refractivity contribution in [1.29, 1.82) is 0 Å². The van der Waals surface area contributed by atoms with Crippen molar-refractivity contribution in [3.05, 3.63) is 0 Å². The highest BCUT2D eigenvalue weighted by Gasteiger charge is 2.72. The Kier molecular flexibility index (Phi) is 9.27. The van der Waals surface area contributed by atoms with Crippen LogP contribution in [0.15, 0.2) is 0 Å². The Balaban J connectivity index is 5.89. The molecule has 0 aliphatic carbocycles. The van der Waals surface area contributed by atoms with Crippen LogP contribution < -0.4 is 0 Å². The lowest BCUT2D eigenvalue weighted by molar-refractivity contribution is -0.346. The molecule has 2 nitrogen and oxygen atoms in total. The second kappa shape index (κ2) is 9.18. The van der Waals surface area contributed by atoms with E-state index in [2.05, 4.69) is 0 Å². The van der Waals surface area contributed by atoms with Gasteiger partial charge < -0.3 is 0 Å². The molecule has 0 bridgehead atoms. The van der Waals surface area contributed by atoms with Crippen molar-refractivity contribution in [3.63, 3.8) is 0 Å². The molecule has 0 aromatic rings. The van der Waals surface area contributed by atoms with Crippen molar-refractivity contribution in [2.45, 2.75) is 66.6 Å². The van der Waals surface area contributed by atoms with Gasteiger partial charge in [-0.05, 0) is 31.6 Å². The topological polar surface area (TPSA) is 34.1 Å². The number of hydrogen-bond acceptors (Lipinski definition) is 2. The minimum Gasteiger partial charge on any atom is -0.224 e. The lowest BCUT2D eigenvalue weighted by atomic mass is 9.81. The second-order valence-electron chi connectivity index (χ2n) is 6.27. The molecule has 0 rings (SSSR count). The van der Waals surface area contributed by atoms with Gasteiger partial charge in [0.25, 0.3) is 5.67 Å². The van der Waals surface area contributed by atoms with Crippen LogP contribution in [0.1, 0.15) is 39.0 Å². The molecule has 2 unspecified atom stereocenters. The Morgan fingerprint density at radius 3 is 1.57 bits per heavy atom. The highest BCUT2D eigenvalue weighted by Crippen LogP contribution is 2.53. The van der Waals surface area contributed by atoms with Crippen molar-refractivity contribution in [2.75, 3.05) is 5.75 Å². The third-order valence-corrected chi connectivity index (χ3v) is 7.20. The first-order valence-corrected chi connectivity index (χ1v) is 11.2. The molecule has 0 spiro atoms. The van der Waals surface area contributed by atoms with Crippen molar-refractivity contribution in [1.82, 2.24) is 0 Å². The van der Waals surface area contributed by atoms with Crippen LogP contribution in [0.5, 0.6) is 0 Å². The summed E-state index contributed by atoms with van der Waals surface area (Å²) in [4.78, 5) is 0. The number of hydrogen-bond donors (Lipinski definition) is 0. The highest BCUT2D eigenvalue weighted by atomic mass is 127. The van der Waals surface area contributed by atoms with Crippen LogP contribution in [-0.4, -0.2) is 41.8 Å². The highest BCUT2D eigenvalue weighted by molar-refractivity contribution is 14.1. The van der Waals surface area contributed by atoms with Crippen molar-refractivity contribution in [3.8, 4) is 0 Å². The van der Waals surface area contributed by atoms with E-state index in [9.17, 15) is 52.3 Å². The van der Waals surface area contributed by atoms with E-state index in [1.807, 2.05) is 0 Å². The molecule has 0 saturated heterocycles. The largest absolute Gasteiger partial charge is 0.431 e. The monoisotopic (exact) mass is 588 g/mol. The molecule has 0 aromatic carbocycles. The molecule has 0 N–H and O–H groups in total. The van der Waals surface area contributed by atoms with Gasteiger partial charge in [0, 0.05) is 17.1 Å². The van der Waals surface area contributed by atoms with Crippen LogP contribution in [0.3, 0.4) is 0 Å². The third kappa shape index (κ3) is 7.51. The summed E-state index contributed by atoms with van der Waals surface area (Å²) in [5, 5.41) is 0.